The van der Waals surface area contributed by atoms with Gasteiger partial charge in [0.05, 0.1) is 43.8 Å². The number of nitro benzene ring substituents is 1. The van der Waals surface area contributed by atoms with Gasteiger partial charge in [0.1, 0.15) is 0 Å². The molecule has 8 nitrogen and oxygen atoms in total. The summed E-state index contributed by atoms with van der Waals surface area (Å²) >= 11 is 0. The zero-order valence-corrected chi connectivity index (χ0v) is 14.5. The highest BCUT2D eigenvalue weighted by Crippen LogP contribution is 2.41. The highest BCUT2D eigenvalue weighted by atomic mass is 16.6. The first kappa shape index (κ1) is 17.3. The van der Waals surface area contributed by atoms with E-state index in [2.05, 4.69) is 5.10 Å². The van der Waals surface area contributed by atoms with Gasteiger partial charge in [0, 0.05) is 17.7 Å². The molecule has 0 N–H and O–H groups in total. The lowest BCUT2D eigenvalue weighted by Gasteiger charge is -2.15. The number of benzene rings is 2. The molecule has 0 unspecified atom stereocenters. The number of methoxy groups -OCH3 is 3. The summed E-state index contributed by atoms with van der Waals surface area (Å²) in [5, 5.41) is 15.2. The molecule has 26 heavy (non-hydrogen) atoms. The van der Waals surface area contributed by atoms with Crippen LogP contribution in [0.25, 0.3) is 16.9 Å². The number of hydrogen-bond acceptors (Lipinski definition) is 6. The number of ether oxygens (including phenoxy) is 3. The Morgan fingerprint density at radius 1 is 0.962 bits per heavy atom. The number of nitrogens with zero attached hydrogens (tertiary/aromatic N) is 3. The quantitative estimate of drug-likeness (QED) is 0.497. The number of rotatable bonds is 6. The largest absolute Gasteiger partial charge is 0.493 e. The van der Waals surface area contributed by atoms with E-state index in [1.165, 1.54) is 12.1 Å². The molecule has 0 spiro atoms. The molecule has 0 aliphatic carbocycles. The van der Waals surface area contributed by atoms with Crippen molar-refractivity contribution in [2.75, 3.05) is 21.3 Å². The number of non-ortho nitro benzene ring substituents is 1. The zero-order valence-electron chi connectivity index (χ0n) is 14.5. The van der Waals surface area contributed by atoms with Crippen LogP contribution in [0.1, 0.15) is 0 Å². The summed E-state index contributed by atoms with van der Waals surface area (Å²) in [7, 11) is 4.64. The molecule has 0 saturated heterocycles. The molecule has 0 radical (unpaired) electrons. The maximum absolute atomic E-state index is 10.8. The van der Waals surface area contributed by atoms with Crippen molar-refractivity contribution in [2.45, 2.75) is 0 Å². The first-order valence-electron chi connectivity index (χ1n) is 7.68. The van der Waals surface area contributed by atoms with Gasteiger partial charge in [-0.1, -0.05) is 0 Å². The second kappa shape index (κ2) is 7.14. The fourth-order valence-electron chi connectivity index (χ4n) is 2.67. The molecule has 134 valence electrons. The maximum Gasteiger partial charge on any atom is 0.269 e. The summed E-state index contributed by atoms with van der Waals surface area (Å²) in [6, 6.07) is 11.6. The lowest BCUT2D eigenvalue weighted by Crippen LogP contribution is -2.01. The van der Waals surface area contributed by atoms with Crippen LogP contribution in [0.5, 0.6) is 17.2 Å². The molecular formula is C18H17N3O5. The highest BCUT2D eigenvalue weighted by molar-refractivity contribution is 5.70. The molecule has 0 saturated carbocycles. The van der Waals surface area contributed by atoms with Gasteiger partial charge >= 0.3 is 0 Å². The monoisotopic (exact) mass is 355 g/mol. The normalized spacial score (nSPS) is 10.4. The van der Waals surface area contributed by atoms with Crippen LogP contribution >= 0.6 is 0 Å². The van der Waals surface area contributed by atoms with Crippen molar-refractivity contribution < 1.29 is 19.1 Å². The maximum atomic E-state index is 10.8. The summed E-state index contributed by atoms with van der Waals surface area (Å²) in [4.78, 5) is 10.4. The van der Waals surface area contributed by atoms with Crippen molar-refractivity contribution in [2.24, 2.45) is 0 Å². The SMILES string of the molecule is COc1cc(-c2ccnn2-c2ccc([N+](=O)[O-])cc2)cc(OC)c1OC. The molecule has 1 heterocycles. The molecule has 0 atom stereocenters. The molecule has 0 aliphatic rings. The lowest BCUT2D eigenvalue weighted by molar-refractivity contribution is -0.384. The third-order valence-electron chi connectivity index (χ3n) is 3.91. The molecule has 0 bridgehead atoms. The highest BCUT2D eigenvalue weighted by Gasteiger charge is 2.17. The fourth-order valence-corrected chi connectivity index (χ4v) is 2.67. The minimum absolute atomic E-state index is 0.0234. The van der Waals surface area contributed by atoms with Crippen molar-refractivity contribution in [3.05, 3.63) is 58.8 Å². The smallest absolute Gasteiger partial charge is 0.269 e. The number of nitro groups is 1. The van der Waals surface area contributed by atoms with Crippen LogP contribution in [0.15, 0.2) is 48.7 Å². The van der Waals surface area contributed by atoms with Gasteiger partial charge in [0.2, 0.25) is 5.75 Å². The average molecular weight is 355 g/mol. The molecule has 0 aliphatic heterocycles. The summed E-state index contributed by atoms with van der Waals surface area (Å²) < 4.78 is 17.8. The third kappa shape index (κ3) is 3.04. The third-order valence-corrected chi connectivity index (χ3v) is 3.91. The van der Waals surface area contributed by atoms with E-state index in [-0.39, 0.29) is 5.69 Å². The van der Waals surface area contributed by atoms with Crippen LogP contribution in [-0.4, -0.2) is 36.0 Å². The average Bonchev–Trinajstić information content (AvgIpc) is 3.16. The van der Waals surface area contributed by atoms with Gasteiger partial charge in [-0.3, -0.25) is 10.1 Å². The van der Waals surface area contributed by atoms with Crippen LogP contribution < -0.4 is 14.2 Å². The summed E-state index contributed by atoms with van der Waals surface area (Å²) in [6.45, 7) is 0. The Hall–Kier alpha value is -3.55. The fraction of sp³-hybridized carbons (Fsp3) is 0.167. The zero-order chi connectivity index (χ0) is 18.7. The Kier molecular flexibility index (Phi) is 4.74. The summed E-state index contributed by atoms with van der Waals surface area (Å²) in [5.74, 6) is 1.55. The first-order chi connectivity index (χ1) is 12.6. The van der Waals surface area contributed by atoms with Crippen molar-refractivity contribution in [3.8, 4) is 34.2 Å². The lowest BCUT2D eigenvalue weighted by atomic mass is 10.1. The first-order valence-corrected chi connectivity index (χ1v) is 7.68. The van der Waals surface area contributed by atoms with Gasteiger partial charge in [-0.25, -0.2) is 4.68 Å². The summed E-state index contributed by atoms with van der Waals surface area (Å²) in [5.41, 5.74) is 2.30. The van der Waals surface area contributed by atoms with Crippen LogP contribution in [-0.2, 0) is 0 Å². The molecule has 2 aromatic carbocycles. The molecule has 0 amide bonds. The Balaban J connectivity index is 2.09. The standard InChI is InChI=1S/C18H17N3O5/c1-24-16-10-12(11-17(25-2)18(16)26-3)15-8-9-19-20(15)13-4-6-14(7-5-13)21(22)23/h4-11H,1-3H3. The topological polar surface area (TPSA) is 88.7 Å². The van der Waals surface area contributed by atoms with Crippen molar-refractivity contribution in [3.63, 3.8) is 0 Å². The Morgan fingerprint density at radius 2 is 1.58 bits per heavy atom. The van der Waals surface area contributed by atoms with Crippen molar-refractivity contribution in [1.82, 2.24) is 9.78 Å². The second-order valence-corrected chi connectivity index (χ2v) is 5.32. The van der Waals surface area contributed by atoms with E-state index >= 15 is 0 Å². The van der Waals surface area contributed by atoms with Crippen LogP contribution in [0.2, 0.25) is 0 Å². The molecule has 3 rings (SSSR count). The van der Waals surface area contributed by atoms with E-state index in [9.17, 15) is 10.1 Å². The minimum Gasteiger partial charge on any atom is -0.493 e. The second-order valence-electron chi connectivity index (χ2n) is 5.32. The number of aromatic nitrogens is 2. The van der Waals surface area contributed by atoms with E-state index < -0.39 is 4.92 Å². The van der Waals surface area contributed by atoms with Crippen molar-refractivity contribution in [1.29, 1.82) is 0 Å². The van der Waals surface area contributed by atoms with E-state index in [0.29, 0.717) is 22.9 Å². The van der Waals surface area contributed by atoms with Crippen LogP contribution in [0.4, 0.5) is 5.69 Å². The predicted molar refractivity (Wildman–Crippen MR) is 95.3 cm³/mol. The van der Waals surface area contributed by atoms with Crippen LogP contribution in [0.3, 0.4) is 0 Å². The Bertz CT molecular complexity index is 909. The predicted octanol–water partition coefficient (Wildman–Crippen LogP) is 3.47. The van der Waals surface area contributed by atoms with Gasteiger partial charge in [-0.05, 0) is 30.3 Å². The Morgan fingerprint density at radius 3 is 2.08 bits per heavy atom. The van der Waals surface area contributed by atoms with Crippen LogP contribution in [0, 0.1) is 10.1 Å². The molecule has 3 aromatic rings. The molecular weight excluding hydrogens is 338 g/mol. The van der Waals surface area contributed by atoms with E-state index in [1.807, 2.05) is 18.2 Å². The summed E-state index contributed by atoms with van der Waals surface area (Å²) in [6.07, 6.45) is 1.65. The van der Waals surface area contributed by atoms with E-state index in [1.54, 1.807) is 44.3 Å². The molecule has 1 aromatic heterocycles. The minimum atomic E-state index is -0.438. The molecule has 0 fully saturated rings. The van der Waals surface area contributed by atoms with Gasteiger partial charge in [0.15, 0.2) is 11.5 Å². The van der Waals surface area contributed by atoms with E-state index in [0.717, 1.165) is 11.3 Å². The van der Waals surface area contributed by atoms with E-state index in [4.69, 9.17) is 14.2 Å². The van der Waals surface area contributed by atoms with Gasteiger partial charge in [-0.15, -0.1) is 0 Å². The molecule has 8 heteroatoms. The van der Waals surface area contributed by atoms with Gasteiger partial charge in [-0.2, -0.15) is 5.10 Å². The van der Waals surface area contributed by atoms with Crippen molar-refractivity contribution >= 4 is 5.69 Å². The van der Waals surface area contributed by atoms with Gasteiger partial charge in [0.25, 0.3) is 5.69 Å². The Labute approximate surface area is 149 Å². The van der Waals surface area contributed by atoms with Gasteiger partial charge < -0.3 is 14.2 Å². The number of hydrogen-bond donors (Lipinski definition) is 0.